The first-order valence-corrected chi connectivity index (χ1v) is 3.24. The molecule has 0 amide bonds. The van der Waals surface area contributed by atoms with Crippen LogP contribution in [0.1, 0.15) is 27.2 Å². The van der Waals surface area contributed by atoms with Crippen LogP contribution in [0.4, 0.5) is 0 Å². The standard InChI is InChI=1S/C8H14O/c1-4-6-8(9)7(3)5-2/h5-6,9H,4H2,1-3H3/b7-5+,8-6+. The summed E-state index contributed by atoms with van der Waals surface area (Å²) in [5, 5.41) is 9.11. The maximum absolute atomic E-state index is 9.11. The van der Waals surface area contributed by atoms with Gasteiger partial charge in [0.25, 0.3) is 0 Å². The quantitative estimate of drug-likeness (QED) is 0.445. The van der Waals surface area contributed by atoms with Crippen molar-refractivity contribution in [2.24, 2.45) is 0 Å². The van der Waals surface area contributed by atoms with Crippen LogP contribution in [0.25, 0.3) is 0 Å². The molecule has 0 rings (SSSR count). The summed E-state index contributed by atoms with van der Waals surface area (Å²) in [5.74, 6) is 0.403. The molecule has 0 aromatic heterocycles. The molecule has 0 aliphatic rings. The molecule has 1 nitrogen and oxygen atoms in total. The second-order valence-electron chi connectivity index (χ2n) is 1.97. The maximum Gasteiger partial charge on any atom is 0.114 e. The van der Waals surface area contributed by atoms with Gasteiger partial charge in [-0.2, -0.15) is 0 Å². The van der Waals surface area contributed by atoms with Gasteiger partial charge in [0.15, 0.2) is 0 Å². The summed E-state index contributed by atoms with van der Waals surface area (Å²) in [6, 6.07) is 0. The Labute approximate surface area is 56.7 Å². The Morgan fingerprint density at radius 1 is 1.56 bits per heavy atom. The van der Waals surface area contributed by atoms with E-state index >= 15 is 0 Å². The first-order valence-electron chi connectivity index (χ1n) is 3.24. The number of aliphatic hydroxyl groups excluding tert-OH is 1. The van der Waals surface area contributed by atoms with Crippen LogP contribution in [0.2, 0.25) is 0 Å². The highest BCUT2D eigenvalue weighted by molar-refractivity contribution is 5.21. The predicted octanol–water partition coefficient (Wildman–Crippen LogP) is 2.80. The third kappa shape index (κ3) is 2.96. The Kier molecular flexibility index (Phi) is 3.85. The summed E-state index contributed by atoms with van der Waals surface area (Å²) in [6.45, 7) is 5.80. The summed E-state index contributed by atoms with van der Waals surface area (Å²) < 4.78 is 0. The van der Waals surface area contributed by atoms with Crippen LogP contribution in [-0.2, 0) is 0 Å². The van der Waals surface area contributed by atoms with E-state index in [1.807, 2.05) is 26.8 Å². The molecule has 0 aliphatic heterocycles. The van der Waals surface area contributed by atoms with E-state index in [0.29, 0.717) is 5.76 Å². The van der Waals surface area contributed by atoms with Crippen molar-refractivity contribution in [3.8, 4) is 0 Å². The summed E-state index contributed by atoms with van der Waals surface area (Å²) in [5.41, 5.74) is 0.942. The number of allylic oxidation sites excluding steroid dienone is 3. The minimum Gasteiger partial charge on any atom is -0.508 e. The van der Waals surface area contributed by atoms with E-state index in [-0.39, 0.29) is 0 Å². The van der Waals surface area contributed by atoms with Crippen LogP contribution in [0, 0.1) is 0 Å². The van der Waals surface area contributed by atoms with Gasteiger partial charge >= 0.3 is 0 Å². The topological polar surface area (TPSA) is 20.2 Å². The second kappa shape index (κ2) is 4.19. The number of hydrogen-bond donors (Lipinski definition) is 1. The minimum atomic E-state index is 0.403. The van der Waals surface area contributed by atoms with Crippen LogP contribution in [0.15, 0.2) is 23.5 Å². The Hall–Kier alpha value is -0.720. The number of aliphatic hydroxyl groups is 1. The van der Waals surface area contributed by atoms with Crippen molar-refractivity contribution in [3.05, 3.63) is 23.5 Å². The molecule has 0 saturated heterocycles. The Morgan fingerprint density at radius 3 is 2.44 bits per heavy atom. The second-order valence-corrected chi connectivity index (χ2v) is 1.97. The normalized spacial score (nSPS) is 14.1. The fourth-order valence-corrected chi connectivity index (χ4v) is 0.502. The molecule has 52 valence electrons. The lowest BCUT2D eigenvalue weighted by Crippen LogP contribution is -1.80. The Morgan fingerprint density at radius 2 is 2.11 bits per heavy atom. The van der Waals surface area contributed by atoms with Gasteiger partial charge < -0.3 is 5.11 Å². The zero-order chi connectivity index (χ0) is 7.28. The Bertz CT molecular complexity index is 132. The summed E-state index contributed by atoms with van der Waals surface area (Å²) >= 11 is 0. The molecule has 1 heteroatoms. The van der Waals surface area contributed by atoms with Crippen LogP contribution in [0.5, 0.6) is 0 Å². The lowest BCUT2D eigenvalue weighted by Gasteiger charge is -1.95. The van der Waals surface area contributed by atoms with Crippen LogP contribution >= 0.6 is 0 Å². The molecular formula is C8H14O. The molecule has 0 aliphatic carbocycles. The molecule has 0 bridgehead atoms. The highest BCUT2D eigenvalue weighted by Gasteiger charge is 1.90. The van der Waals surface area contributed by atoms with Crippen molar-refractivity contribution in [1.82, 2.24) is 0 Å². The van der Waals surface area contributed by atoms with Gasteiger partial charge in [0, 0.05) is 0 Å². The lowest BCUT2D eigenvalue weighted by atomic mass is 10.2. The van der Waals surface area contributed by atoms with Gasteiger partial charge in [-0.15, -0.1) is 0 Å². The van der Waals surface area contributed by atoms with Crippen molar-refractivity contribution < 1.29 is 5.11 Å². The molecule has 0 saturated carbocycles. The summed E-state index contributed by atoms with van der Waals surface area (Å²) in [6.07, 6.45) is 4.58. The average molecular weight is 126 g/mol. The van der Waals surface area contributed by atoms with E-state index in [0.717, 1.165) is 12.0 Å². The van der Waals surface area contributed by atoms with E-state index < -0.39 is 0 Å². The molecule has 0 spiro atoms. The molecular weight excluding hydrogens is 112 g/mol. The fourth-order valence-electron chi connectivity index (χ4n) is 0.502. The first-order chi connectivity index (χ1) is 4.22. The molecule has 0 heterocycles. The molecule has 0 atom stereocenters. The van der Waals surface area contributed by atoms with Crippen LogP contribution in [-0.4, -0.2) is 5.11 Å². The Balaban J connectivity index is 4.03. The first kappa shape index (κ1) is 8.28. The van der Waals surface area contributed by atoms with Crippen LogP contribution in [0.3, 0.4) is 0 Å². The van der Waals surface area contributed by atoms with Crippen molar-refractivity contribution in [3.63, 3.8) is 0 Å². The molecule has 0 aromatic rings. The van der Waals surface area contributed by atoms with E-state index in [1.54, 1.807) is 6.08 Å². The zero-order valence-corrected chi connectivity index (χ0v) is 6.31. The van der Waals surface area contributed by atoms with Gasteiger partial charge in [0.2, 0.25) is 0 Å². The lowest BCUT2D eigenvalue weighted by molar-refractivity contribution is 0.420. The number of hydrogen-bond acceptors (Lipinski definition) is 1. The highest BCUT2D eigenvalue weighted by Crippen LogP contribution is 2.04. The predicted molar refractivity (Wildman–Crippen MR) is 40.4 cm³/mol. The van der Waals surface area contributed by atoms with Crippen LogP contribution < -0.4 is 0 Å². The zero-order valence-electron chi connectivity index (χ0n) is 6.31. The highest BCUT2D eigenvalue weighted by atomic mass is 16.3. The van der Waals surface area contributed by atoms with Gasteiger partial charge in [-0.3, -0.25) is 0 Å². The smallest absolute Gasteiger partial charge is 0.114 e. The van der Waals surface area contributed by atoms with E-state index in [4.69, 9.17) is 5.11 Å². The number of rotatable bonds is 2. The van der Waals surface area contributed by atoms with Gasteiger partial charge in [0.1, 0.15) is 5.76 Å². The van der Waals surface area contributed by atoms with E-state index in [1.165, 1.54) is 0 Å². The summed E-state index contributed by atoms with van der Waals surface area (Å²) in [7, 11) is 0. The van der Waals surface area contributed by atoms with Crippen molar-refractivity contribution in [2.75, 3.05) is 0 Å². The van der Waals surface area contributed by atoms with Gasteiger partial charge in [-0.05, 0) is 31.9 Å². The third-order valence-electron chi connectivity index (χ3n) is 1.23. The monoisotopic (exact) mass is 126 g/mol. The largest absolute Gasteiger partial charge is 0.508 e. The minimum absolute atomic E-state index is 0.403. The molecule has 0 fully saturated rings. The van der Waals surface area contributed by atoms with Crippen molar-refractivity contribution in [2.45, 2.75) is 27.2 Å². The van der Waals surface area contributed by atoms with Crippen molar-refractivity contribution >= 4 is 0 Å². The van der Waals surface area contributed by atoms with Gasteiger partial charge in [-0.25, -0.2) is 0 Å². The average Bonchev–Trinajstić information content (AvgIpc) is 1.87. The summed E-state index contributed by atoms with van der Waals surface area (Å²) in [4.78, 5) is 0. The van der Waals surface area contributed by atoms with Gasteiger partial charge in [-0.1, -0.05) is 13.0 Å². The van der Waals surface area contributed by atoms with Gasteiger partial charge in [0.05, 0.1) is 0 Å². The van der Waals surface area contributed by atoms with Crippen molar-refractivity contribution in [1.29, 1.82) is 0 Å². The molecule has 9 heavy (non-hydrogen) atoms. The molecule has 0 unspecified atom stereocenters. The SMILES string of the molecule is C/C=C(C)/C(O)=C\CC. The molecule has 0 radical (unpaired) electrons. The van der Waals surface area contributed by atoms with E-state index in [9.17, 15) is 0 Å². The molecule has 1 N–H and O–H groups in total. The third-order valence-corrected chi connectivity index (χ3v) is 1.23. The van der Waals surface area contributed by atoms with E-state index in [2.05, 4.69) is 0 Å². The molecule has 0 aromatic carbocycles. The fraction of sp³-hybridized carbons (Fsp3) is 0.500. The maximum atomic E-state index is 9.11.